The van der Waals surface area contributed by atoms with E-state index in [1.54, 1.807) is 10.9 Å². The van der Waals surface area contributed by atoms with E-state index in [0.717, 1.165) is 15.6 Å². The molecule has 104 valence electrons. The summed E-state index contributed by atoms with van der Waals surface area (Å²) >= 11 is 8.64. The summed E-state index contributed by atoms with van der Waals surface area (Å²) in [5.41, 5.74) is 1.94. The normalized spacial score (nSPS) is 11.1. The second-order valence-corrected chi connectivity index (χ2v) is 5.63. The number of nitrogens with zero attached hydrogens (tertiary/aromatic N) is 3. The van der Waals surface area contributed by atoms with E-state index in [1.807, 2.05) is 54.6 Å². The predicted molar refractivity (Wildman–Crippen MR) is 90.0 cm³/mol. The van der Waals surface area contributed by atoms with Gasteiger partial charge in [0.2, 0.25) is 4.77 Å². The van der Waals surface area contributed by atoms with E-state index in [-0.39, 0.29) is 0 Å². The molecule has 3 aromatic rings. The molecule has 0 fully saturated rings. The smallest absolute Gasteiger partial charge is 0.216 e. The average Bonchev–Trinajstić information content (AvgIpc) is 2.89. The van der Waals surface area contributed by atoms with Crippen LogP contribution in [-0.4, -0.2) is 21.1 Å². The zero-order valence-corrected chi connectivity index (χ0v) is 13.3. The molecule has 0 saturated heterocycles. The van der Waals surface area contributed by atoms with Crippen molar-refractivity contribution in [3.8, 4) is 11.4 Å². The maximum atomic E-state index is 5.23. The van der Waals surface area contributed by atoms with Gasteiger partial charge in [0, 0.05) is 10.0 Å². The molecule has 0 atom stereocenters. The first-order valence-corrected chi connectivity index (χ1v) is 7.47. The van der Waals surface area contributed by atoms with Gasteiger partial charge in [-0.05, 0) is 29.9 Å². The molecular weight excluding hydrogens is 348 g/mol. The molecule has 1 aromatic heterocycles. The fourth-order valence-corrected chi connectivity index (χ4v) is 2.29. The molecule has 0 unspecified atom stereocenters. The molecule has 6 heteroatoms. The van der Waals surface area contributed by atoms with Crippen molar-refractivity contribution in [2.75, 3.05) is 0 Å². The minimum Gasteiger partial charge on any atom is -0.250 e. The summed E-state index contributed by atoms with van der Waals surface area (Å²) in [5, 5.41) is 11.4. The Morgan fingerprint density at radius 1 is 1.10 bits per heavy atom. The lowest BCUT2D eigenvalue weighted by Gasteiger charge is -2.00. The third kappa shape index (κ3) is 3.17. The highest BCUT2D eigenvalue weighted by molar-refractivity contribution is 9.10. The molecule has 3 rings (SSSR count). The highest BCUT2D eigenvalue weighted by atomic mass is 79.9. The predicted octanol–water partition coefficient (Wildman–Crippen LogP) is 4.25. The number of H-pyrrole nitrogens is 1. The molecule has 0 radical (unpaired) electrons. The van der Waals surface area contributed by atoms with Crippen LogP contribution < -0.4 is 0 Å². The number of hydrogen-bond donors (Lipinski definition) is 1. The van der Waals surface area contributed by atoms with E-state index in [9.17, 15) is 0 Å². The lowest BCUT2D eigenvalue weighted by Crippen LogP contribution is -1.94. The molecule has 0 saturated carbocycles. The van der Waals surface area contributed by atoms with Crippen LogP contribution in [0.4, 0.5) is 0 Å². The summed E-state index contributed by atoms with van der Waals surface area (Å²) in [4.78, 5) is 0. The monoisotopic (exact) mass is 358 g/mol. The minimum absolute atomic E-state index is 0.460. The lowest BCUT2D eigenvalue weighted by atomic mass is 10.2. The first-order valence-electron chi connectivity index (χ1n) is 6.27. The third-order valence-corrected chi connectivity index (χ3v) is 3.67. The van der Waals surface area contributed by atoms with E-state index in [0.29, 0.717) is 10.6 Å². The number of rotatable bonds is 3. The van der Waals surface area contributed by atoms with Crippen molar-refractivity contribution in [2.45, 2.75) is 0 Å². The van der Waals surface area contributed by atoms with Gasteiger partial charge in [-0.1, -0.05) is 58.4 Å². The Kier molecular flexibility index (Phi) is 4.08. The van der Waals surface area contributed by atoms with E-state index in [1.165, 1.54) is 0 Å². The van der Waals surface area contributed by atoms with E-state index < -0.39 is 0 Å². The number of aromatic amines is 1. The summed E-state index contributed by atoms with van der Waals surface area (Å²) in [6.07, 6.45) is 1.75. The van der Waals surface area contributed by atoms with Crippen molar-refractivity contribution in [2.24, 2.45) is 5.10 Å². The fraction of sp³-hybridized carbons (Fsp3) is 0. The quantitative estimate of drug-likeness (QED) is 0.561. The molecule has 1 heterocycles. The van der Waals surface area contributed by atoms with Crippen LogP contribution in [0.2, 0.25) is 0 Å². The van der Waals surface area contributed by atoms with Crippen LogP contribution in [-0.2, 0) is 0 Å². The third-order valence-electron chi connectivity index (χ3n) is 2.87. The van der Waals surface area contributed by atoms with Gasteiger partial charge in [-0.2, -0.15) is 14.9 Å². The molecule has 4 nitrogen and oxygen atoms in total. The molecule has 21 heavy (non-hydrogen) atoms. The Morgan fingerprint density at radius 3 is 2.52 bits per heavy atom. The van der Waals surface area contributed by atoms with Gasteiger partial charge in [0.15, 0.2) is 5.82 Å². The molecule has 2 aromatic carbocycles. The number of halogens is 1. The molecule has 0 bridgehead atoms. The van der Waals surface area contributed by atoms with Crippen molar-refractivity contribution in [3.05, 3.63) is 69.4 Å². The highest BCUT2D eigenvalue weighted by Crippen LogP contribution is 2.16. The SMILES string of the molecule is S=c1[nH]nc(-c2ccccc2)n1/N=C/c1ccc(Br)cc1. The maximum Gasteiger partial charge on any atom is 0.216 e. The molecule has 0 aliphatic heterocycles. The summed E-state index contributed by atoms with van der Waals surface area (Å²) < 4.78 is 3.11. The Balaban J connectivity index is 1.98. The largest absolute Gasteiger partial charge is 0.250 e. The summed E-state index contributed by atoms with van der Waals surface area (Å²) in [6, 6.07) is 17.7. The zero-order valence-electron chi connectivity index (χ0n) is 10.9. The number of benzene rings is 2. The average molecular weight is 359 g/mol. The van der Waals surface area contributed by atoms with Gasteiger partial charge in [0.25, 0.3) is 0 Å². The van der Waals surface area contributed by atoms with Gasteiger partial charge < -0.3 is 0 Å². The first kappa shape index (κ1) is 13.9. The maximum absolute atomic E-state index is 5.23. The topological polar surface area (TPSA) is 46.0 Å². The van der Waals surface area contributed by atoms with Crippen molar-refractivity contribution in [1.29, 1.82) is 0 Å². The molecule has 0 aliphatic rings. The minimum atomic E-state index is 0.460. The van der Waals surface area contributed by atoms with Crippen LogP contribution in [0.15, 0.2) is 64.2 Å². The van der Waals surface area contributed by atoms with Gasteiger partial charge in [-0.3, -0.25) is 0 Å². The Labute approximate surface area is 135 Å². The molecule has 0 amide bonds. The van der Waals surface area contributed by atoms with Gasteiger partial charge >= 0.3 is 0 Å². The molecule has 0 aliphatic carbocycles. The van der Waals surface area contributed by atoms with E-state index in [4.69, 9.17) is 12.2 Å². The van der Waals surface area contributed by atoms with Crippen molar-refractivity contribution in [3.63, 3.8) is 0 Å². The summed E-state index contributed by atoms with van der Waals surface area (Å²) in [6.45, 7) is 0. The van der Waals surface area contributed by atoms with E-state index in [2.05, 4.69) is 31.2 Å². The molecule has 0 spiro atoms. The van der Waals surface area contributed by atoms with Crippen molar-refractivity contribution >= 4 is 34.4 Å². The molecular formula is C15H11BrN4S. The van der Waals surface area contributed by atoms with Gasteiger partial charge in [-0.15, -0.1) is 0 Å². The van der Waals surface area contributed by atoms with Crippen LogP contribution in [0.3, 0.4) is 0 Å². The lowest BCUT2D eigenvalue weighted by molar-refractivity contribution is 0.871. The van der Waals surface area contributed by atoms with Crippen LogP contribution in [0.25, 0.3) is 11.4 Å². The Hall–Kier alpha value is -2.05. The number of hydrogen-bond acceptors (Lipinski definition) is 3. The standard InChI is InChI=1S/C15H11BrN4S/c16-13-8-6-11(7-9-13)10-17-20-14(18-19-15(20)21)12-4-2-1-3-5-12/h1-10H,(H,19,21)/b17-10+. The van der Waals surface area contributed by atoms with Crippen LogP contribution in [0, 0.1) is 4.77 Å². The Morgan fingerprint density at radius 2 is 1.81 bits per heavy atom. The summed E-state index contributed by atoms with van der Waals surface area (Å²) in [5.74, 6) is 0.689. The first-order chi connectivity index (χ1) is 10.2. The van der Waals surface area contributed by atoms with Crippen molar-refractivity contribution < 1.29 is 0 Å². The zero-order chi connectivity index (χ0) is 14.7. The molecule has 1 N–H and O–H groups in total. The second-order valence-electron chi connectivity index (χ2n) is 4.33. The number of aromatic nitrogens is 3. The van der Waals surface area contributed by atoms with Crippen LogP contribution in [0.1, 0.15) is 5.56 Å². The highest BCUT2D eigenvalue weighted by Gasteiger charge is 2.06. The second kappa shape index (κ2) is 6.15. The summed E-state index contributed by atoms with van der Waals surface area (Å²) in [7, 11) is 0. The van der Waals surface area contributed by atoms with E-state index >= 15 is 0 Å². The van der Waals surface area contributed by atoms with Gasteiger partial charge in [-0.25, -0.2) is 5.10 Å². The fourth-order valence-electron chi connectivity index (χ4n) is 1.85. The van der Waals surface area contributed by atoms with Crippen LogP contribution >= 0.6 is 28.1 Å². The van der Waals surface area contributed by atoms with Gasteiger partial charge in [0.1, 0.15) is 0 Å². The van der Waals surface area contributed by atoms with Crippen molar-refractivity contribution in [1.82, 2.24) is 14.9 Å². The number of nitrogens with one attached hydrogen (secondary N) is 1. The van der Waals surface area contributed by atoms with Gasteiger partial charge in [0.05, 0.1) is 6.21 Å². The Bertz CT molecular complexity index is 819. The van der Waals surface area contributed by atoms with Crippen LogP contribution in [0.5, 0.6) is 0 Å².